The molecule has 10 heteroatoms. The molecular formula is C19H26Cl2N2O6. The van der Waals surface area contributed by atoms with Crippen LogP contribution in [0.1, 0.15) is 18.4 Å². The lowest BCUT2D eigenvalue weighted by Crippen LogP contribution is -2.47. The summed E-state index contributed by atoms with van der Waals surface area (Å²) in [6, 6.07) is 8.47. The Morgan fingerprint density at radius 3 is 2.41 bits per heavy atom. The van der Waals surface area contributed by atoms with Gasteiger partial charge >= 0.3 is 12.1 Å². The van der Waals surface area contributed by atoms with Crippen LogP contribution in [0, 0.1) is 0 Å². The molecular weight excluding hydrogens is 423 g/mol. The Morgan fingerprint density at radius 1 is 1.17 bits per heavy atom. The van der Waals surface area contributed by atoms with E-state index in [9.17, 15) is 14.4 Å². The van der Waals surface area contributed by atoms with Gasteiger partial charge in [0.05, 0.1) is 12.4 Å². The van der Waals surface area contributed by atoms with Gasteiger partial charge in [0.2, 0.25) is 5.91 Å². The molecule has 1 aliphatic rings. The van der Waals surface area contributed by atoms with Crippen LogP contribution in [0.4, 0.5) is 4.79 Å². The molecule has 2 amide bonds. The number of carbonyl (C=O) groups is 3. The first-order valence-electron chi connectivity index (χ1n) is 9.04. The smallest absolute Gasteiger partial charge is 0.410 e. The summed E-state index contributed by atoms with van der Waals surface area (Å²) in [6.45, 7) is 0.558. The van der Waals surface area contributed by atoms with Gasteiger partial charge in [0, 0.05) is 39.1 Å². The average molecular weight is 449 g/mol. The number of rotatable bonds is 6. The molecule has 1 aromatic rings. The largest absolute Gasteiger partial charge is 0.467 e. The summed E-state index contributed by atoms with van der Waals surface area (Å²) in [5.74, 6) is -0.834. The number of ether oxygens (including phenoxy) is 2. The van der Waals surface area contributed by atoms with E-state index in [1.54, 1.807) is 0 Å². The summed E-state index contributed by atoms with van der Waals surface area (Å²) < 4.78 is 10.0. The maximum Gasteiger partial charge on any atom is 0.410 e. The Hall–Kier alpha value is -2.03. The number of aliphatic hydroxyl groups is 1. The van der Waals surface area contributed by atoms with Gasteiger partial charge < -0.3 is 24.4 Å². The van der Waals surface area contributed by atoms with Crippen LogP contribution >= 0.6 is 23.2 Å². The predicted molar refractivity (Wildman–Crippen MR) is 109 cm³/mol. The number of amides is 2. The Morgan fingerprint density at radius 2 is 1.83 bits per heavy atom. The SMILES string of the molecule is COC(=O)[C@H](CCO)N1CCN(C(=O)OCc2ccccc2)CCC1=O.ClCCl. The Labute approximate surface area is 180 Å². The van der Waals surface area contributed by atoms with Gasteiger partial charge in [-0.05, 0) is 5.56 Å². The zero-order chi connectivity index (χ0) is 21.6. The van der Waals surface area contributed by atoms with E-state index < -0.39 is 18.1 Å². The number of nitrogens with zero attached hydrogens (tertiary/aromatic N) is 2. The first-order chi connectivity index (χ1) is 14.0. The van der Waals surface area contributed by atoms with Gasteiger partial charge in [-0.1, -0.05) is 30.3 Å². The molecule has 1 heterocycles. The number of hydrogen-bond donors (Lipinski definition) is 1. The second-order valence-electron chi connectivity index (χ2n) is 6.02. The maximum atomic E-state index is 12.4. The molecule has 0 bridgehead atoms. The lowest BCUT2D eigenvalue weighted by molar-refractivity contribution is -0.153. The van der Waals surface area contributed by atoms with Gasteiger partial charge in [-0.15, -0.1) is 23.2 Å². The zero-order valence-electron chi connectivity index (χ0n) is 16.3. The summed E-state index contributed by atoms with van der Waals surface area (Å²) in [6.07, 6.45) is -0.323. The Bertz CT molecular complexity index is 647. The number of methoxy groups -OCH3 is 1. The van der Waals surface area contributed by atoms with Gasteiger partial charge in [-0.25, -0.2) is 9.59 Å². The van der Waals surface area contributed by atoms with E-state index in [2.05, 4.69) is 0 Å². The van der Waals surface area contributed by atoms with Crippen LogP contribution < -0.4 is 0 Å². The van der Waals surface area contributed by atoms with Crippen LogP contribution in [0.2, 0.25) is 0 Å². The van der Waals surface area contributed by atoms with E-state index >= 15 is 0 Å². The third kappa shape index (κ3) is 8.47. The third-order valence-electron chi connectivity index (χ3n) is 4.24. The lowest BCUT2D eigenvalue weighted by atomic mass is 10.1. The lowest BCUT2D eigenvalue weighted by Gasteiger charge is -2.28. The number of halogens is 2. The van der Waals surface area contributed by atoms with Gasteiger partial charge in [0.25, 0.3) is 0 Å². The number of hydrogen-bond acceptors (Lipinski definition) is 6. The van der Waals surface area contributed by atoms with Crippen molar-refractivity contribution in [3.8, 4) is 0 Å². The molecule has 1 fully saturated rings. The van der Waals surface area contributed by atoms with Crippen LogP contribution in [0.5, 0.6) is 0 Å². The van der Waals surface area contributed by atoms with Crippen LogP contribution in [0.3, 0.4) is 0 Å². The van der Waals surface area contributed by atoms with Crippen molar-refractivity contribution in [3.05, 3.63) is 35.9 Å². The van der Waals surface area contributed by atoms with Crippen molar-refractivity contribution in [1.82, 2.24) is 9.80 Å². The van der Waals surface area contributed by atoms with Crippen molar-refractivity contribution >= 4 is 41.2 Å². The van der Waals surface area contributed by atoms with E-state index in [1.165, 1.54) is 16.9 Å². The fraction of sp³-hybridized carbons (Fsp3) is 0.526. The summed E-state index contributed by atoms with van der Waals surface area (Å²) >= 11 is 9.53. The normalized spacial score (nSPS) is 15.0. The predicted octanol–water partition coefficient (Wildman–Crippen LogP) is 2.20. The fourth-order valence-corrected chi connectivity index (χ4v) is 2.82. The van der Waals surface area contributed by atoms with Crippen molar-refractivity contribution < 1.29 is 29.0 Å². The van der Waals surface area contributed by atoms with Crippen LogP contribution in [0.25, 0.3) is 0 Å². The van der Waals surface area contributed by atoms with E-state index in [0.717, 1.165) is 5.56 Å². The number of esters is 1. The zero-order valence-corrected chi connectivity index (χ0v) is 17.8. The van der Waals surface area contributed by atoms with E-state index in [4.69, 9.17) is 37.8 Å². The molecule has 0 saturated carbocycles. The highest BCUT2D eigenvalue weighted by Crippen LogP contribution is 2.14. The van der Waals surface area contributed by atoms with E-state index in [-0.39, 0.29) is 56.9 Å². The van der Waals surface area contributed by atoms with Gasteiger partial charge in [-0.3, -0.25) is 4.79 Å². The molecule has 0 aliphatic carbocycles. The fourth-order valence-electron chi connectivity index (χ4n) is 2.82. The van der Waals surface area contributed by atoms with Crippen LogP contribution in [-0.4, -0.2) is 77.6 Å². The standard InChI is InChI=1S/C18H24N2O6.CH2Cl2/c1-25-17(23)15(8-12-21)20-11-10-19(9-7-16(20)22)18(24)26-13-14-5-3-2-4-6-14;2-1-3/h2-6,15,21H,7-13H2,1H3;1H2/t15-;/m0./s1. The molecule has 1 atom stereocenters. The van der Waals surface area contributed by atoms with Crippen molar-refractivity contribution in [3.63, 3.8) is 0 Å². The third-order valence-corrected chi connectivity index (χ3v) is 4.24. The van der Waals surface area contributed by atoms with Crippen molar-refractivity contribution in [2.24, 2.45) is 0 Å². The molecule has 1 N–H and O–H groups in total. The quantitative estimate of drug-likeness (QED) is 0.529. The second kappa shape index (κ2) is 14.0. The minimum atomic E-state index is -0.849. The molecule has 29 heavy (non-hydrogen) atoms. The molecule has 0 unspecified atom stereocenters. The second-order valence-corrected chi connectivity index (χ2v) is 6.82. The summed E-state index contributed by atoms with van der Waals surface area (Å²) in [5.41, 5.74) is 0.877. The highest BCUT2D eigenvalue weighted by Gasteiger charge is 2.33. The number of carbonyl (C=O) groups excluding carboxylic acids is 3. The first-order valence-corrected chi connectivity index (χ1v) is 10.1. The van der Waals surface area contributed by atoms with Crippen LogP contribution in [-0.2, 0) is 25.7 Å². The minimum absolute atomic E-state index is 0.0827. The monoisotopic (exact) mass is 448 g/mol. The number of alkyl halides is 2. The Balaban J connectivity index is 0.00000132. The highest BCUT2D eigenvalue weighted by atomic mass is 35.5. The van der Waals surface area contributed by atoms with Gasteiger partial charge in [0.15, 0.2) is 0 Å². The number of benzene rings is 1. The van der Waals surface area contributed by atoms with Gasteiger partial charge in [-0.2, -0.15) is 0 Å². The molecule has 0 radical (unpaired) electrons. The topological polar surface area (TPSA) is 96.4 Å². The maximum absolute atomic E-state index is 12.4. The van der Waals surface area contributed by atoms with E-state index in [1.807, 2.05) is 30.3 Å². The molecule has 1 aromatic carbocycles. The molecule has 0 spiro atoms. The first kappa shape index (κ1) is 25.0. The molecule has 162 valence electrons. The summed E-state index contributed by atoms with van der Waals surface area (Å²) in [5, 5.41) is 9.35. The van der Waals surface area contributed by atoms with Crippen molar-refractivity contribution in [1.29, 1.82) is 0 Å². The molecule has 1 aliphatic heterocycles. The van der Waals surface area contributed by atoms with Crippen LogP contribution in [0.15, 0.2) is 30.3 Å². The minimum Gasteiger partial charge on any atom is -0.467 e. The van der Waals surface area contributed by atoms with E-state index in [0.29, 0.717) is 0 Å². The molecule has 2 rings (SSSR count). The Kier molecular flexibility index (Phi) is 12.1. The number of aliphatic hydroxyl groups excluding tert-OH is 1. The van der Waals surface area contributed by atoms with Crippen molar-refractivity contribution in [2.75, 3.05) is 38.7 Å². The molecule has 1 saturated heterocycles. The average Bonchev–Trinajstić information content (AvgIpc) is 2.93. The molecule has 8 nitrogen and oxygen atoms in total. The molecule has 0 aromatic heterocycles. The summed E-state index contributed by atoms with van der Waals surface area (Å²) in [7, 11) is 1.24. The van der Waals surface area contributed by atoms with Crippen molar-refractivity contribution in [2.45, 2.75) is 25.5 Å². The van der Waals surface area contributed by atoms with Gasteiger partial charge in [0.1, 0.15) is 12.6 Å². The summed E-state index contributed by atoms with van der Waals surface area (Å²) in [4.78, 5) is 39.3. The highest BCUT2D eigenvalue weighted by molar-refractivity contribution is 6.40.